The lowest BCUT2D eigenvalue weighted by molar-refractivity contribution is -0.118. The number of carbonyl (C=O) groups excluding carboxylic acids is 1. The van der Waals surface area contributed by atoms with E-state index in [1.54, 1.807) is 10.9 Å². The van der Waals surface area contributed by atoms with E-state index in [4.69, 9.17) is 4.74 Å². The van der Waals surface area contributed by atoms with Gasteiger partial charge in [0.05, 0.1) is 24.1 Å². The number of ether oxygens (including phenoxy) is 1. The standard InChI is InChI=1S/C19H15F2N5O2/c20-13-4-5-17(16(21)7-13)28-12-19(27)24-14-8-22-26(10-14)11-15-9-25-6-2-1-3-18(25)23-15/h1-10H,11-12H2,(H,24,27). The molecule has 4 rings (SSSR count). The Kier molecular flexibility index (Phi) is 4.71. The van der Waals surface area contributed by atoms with Crippen molar-refractivity contribution in [3.05, 3.63) is 78.5 Å². The van der Waals surface area contributed by atoms with E-state index < -0.39 is 24.1 Å². The first-order chi connectivity index (χ1) is 13.6. The SMILES string of the molecule is O=C(COc1ccc(F)cc1F)Nc1cnn(Cc2cn3ccccc3n2)c1. The topological polar surface area (TPSA) is 73.5 Å². The maximum Gasteiger partial charge on any atom is 0.262 e. The minimum absolute atomic E-state index is 0.195. The van der Waals surface area contributed by atoms with E-state index in [2.05, 4.69) is 15.4 Å². The number of nitrogens with zero attached hydrogens (tertiary/aromatic N) is 4. The van der Waals surface area contributed by atoms with Crippen molar-refractivity contribution in [2.24, 2.45) is 0 Å². The van der Waals surface area contributed by atoms with Crippen LogP contribution in [0.1, 0.15) is 5.69 Å². The van der Waals surface area contributed by atoms with Gasteiger partial charge in [-0.3, -0.25) is 9.48 Å². The lowest BCUT2D eigenvalue weighted by atomic mass is 10.3. The van der Waals surface area contributed by atoms with Gasteiger partial charge in [0.25, 0.3) is 5.91 Å². The van der Waals surface area contributed by atoms with Crippen LogP contribution in [0.25, 0.3) is 5.65 Å². The largest absolute Gasteiger partial charge is 0.481 e. The van der Waals surface area contributed by atoms with Crippen LogP contribution in [0.2, 0.25) is 0 Å². The second-order valence-corrected chi connectivity index (χ2v) is 6.04. The molecule has 3 heterocycles. The average molecular weight is 383 g/mol. The Balaban J connectivity index is 1.34. The zero-order valence-corrected chi connectivity index (χ0v) is 14.5. The van der Waals surface area contributed by atoms with Gasteiger partial charge in [-0.1, -0.05) is 6.07 Å². The summed E-state index contributed by atoms with van der Waals surface area (Å²) in [6.45, 7) is 0.0228. The Bertz CT molecular complexity index is 1110. The van der Waals surface area contributed by atoms with Crippen LogP contribution >= 0.6 is 0 Å². The number of imidazole rings is 1. The molecular weight excluding hydrogens is 368 g/mol. The minimum Gasteiger partial charge on any atom is -0.481 e. The van der Waals surface area contributed by atoms with Gasteiger partial charge in [-0.25, -0.2) is 13.8 Å². The average Bonchev–Trinajstić information content (AvgIpc) is 3.27. The molecule has 1 N–H and O–H groups in total. The second-order valence-electron chi connectivity index (χ2n) is 6.04. The monoisotopic (exact) mass is 383 g/mol. The van der Waals surface area contributed by atoms with Crippen molar-refractivity contribution in [1.82, 2.24) is 19.2 Å². The van der Waals surface area contributed by atoms with Crippen LogP contribution in [-0.2, 0) is 11.3 Å². The summed E-state index contributed by atoms with van der Waals surface area (Å²) in [4.78, 5) is 16.5. The van der Waals surface area contributed by atoms with Crippen LogP contribution < -0.4 is 10.1 Å². The summed E-state index contributed by atoms with van der Waals surface area (Å²) in [6.07, 6.45) is 6.96. The number of nitrogens with one attached hydrogen (secondary N) is 1. The fourth-order valence-electron chi connectivity index (χ4n) is 2.68. The number of fused-ring (bicyclic) bond motifs is 1. The van der Waals surface area contributed by atoms with Crippen molar-refractivity contribution in [3.63, 3.8) is 0 Å². The molecule has 1 amide bonds. The van der Waals surface area contributed by atoms with Gasteiger partial charge >= 0.3 is 0 Å². The van der Waals surface area contributed by atoms with Crippen LogP contribution in [0.5, 0.6) is 5.75 Å². The fourth-order valence-corrected chi connectivity index (χ4v) is 2.68. The lowest BCUT2D eigenvalue weighted by Crippen LogP contribution is -2.20. The van der Waals surface area contributed by atoms with Gasteiger partial charge in [-0.2, -0.15) is 5.10 Å². The van der Waals surface area contributed by atoms with Crippen LogP contribution in [0.4, 0.5) is 14.5 Å². The molecular formula is C19H15F2N5O2. The van der Waals surface area contributed by atoms with Crippen molar-refractivity contribution < 1.29 is 18.3 Å². The molecule has 0 aliphatic carbocycles. The quantitative estimate of drug-likeness (QED) is 0.556. The number of amides is 1. The molecule has 3 aromatic heterocycles. The van der Waals surface area contributed by atoms with E-state index in [1.165, 1.54) is 6.20 Å². The summed E-state index contributed by atoms with van der Waals surface area (Å²) in [6, 6.07) is 8.61. The van der Waals surface area contributed by atoms with Crippen molar-refractivity contribution in [1.29, 1.82) is 0 Å². The molecule has 0 unspecified atom stereocenters. The number of benzene rings is 1. The molecule has 7 nitrogen and oxygen atoms in total. The molecule has 4 aromatic rings. The molecule has 0 atom stereocenters. The number of pyridine rings is 1. The van der Waals surface area contributed by atoms with E-state index in [9.17, 15) is 13.6 Å². The minimum atomic E-state index is -0.868. The highest BCUT2D eigenvalue weighted by Crippen LogP contribution is 2.17. The van der Waals surface area contributed by atoms with Crippen LogP contribution in [0.3, 0.4) is 0 Å². The summed E-state index contributed by atoms with van der Waals surface area (Å²) >= 11 is 0. The van der Waals surface area contributed by atoms with Crippen molar-refractivity contribution >= 4 is 17.2 Å². The van der Waals surface area contributed by atoms with Gasteiger partial charge in [-0.05, 0) is 24.3 Å². The summed E-state index contributed by atoms with van der Waals surface area (Å²) in [5.41, 5.74) is 2.13. The maximum atomic E-state index is 13.5. The predicted octanol–water partition coefficient (Wildman–Crippen LogP) is 2.87. The summed E-state index contributed by atoms with van der Waals surface area (Å²) in [5.74, 6) is -2.27. The molecule has 0 spiro atoms. The summed E-state index contributed by atoms with van der Waals surface area (Å²) < 4.78 is 35.0. The Morgan fingerprint density at radius 3 is 2.89 bits per heavy atom. The third-order valence-corrected chi connectivity index (χ3v) is 3.91. The van der Waals surface area contributed by atoms with Crippen LogP contribution in [0, 0.1) is 11.6 Å². The maximum absolute atomic E-state index is 13.5. The zero-order valence-electron chi connectivity index (χ0n) is 14.5. The van der Waals surface area contributed by atoms with E-state index in [-0.39, 0.29) is 5.75 Å². The Hall–Kier alpha value is -3.75. The molecule has 0 aliphatic rings. The number of hydrogen-bond acceptors (Lipinski definition) is 4. The first-order valence-electron chi connectivity index (χ1n) is 8.39. The number of rotatable bonds is 6. The van der Waals surface area contributed by atoms with Gasteiger partial charge in [0.15, 0.2) is 18.2 Å². The Labute approximate surface area is 158 Å². The smallest absolute Gasteiger partial charge is 0.262 e. The summed E-state index contributed by atoms with van der Waals surface area (Å²) in [5, 5.41) is 6.79. The fraction of sp³-hybridized carbons (Fsp3) is 0.105. The molecule has 142 valence electrons. The molecule has 0 aliphatic heterocycles. The van der Waals surface area contributed by atoms with E-state index in [0.717, 1.165) is 23.5 Å². The van der Waals surface area contributed by atoms with E-state index >= 15 is 0 Å². The predicted molar refractivity (Wildman–Crippen MR) is 97.0 cm³/mol. The first-order valence-corrected chi connectivity index (χ1v) is 8.39. The molecule has 9 heteroatoms. The Morgan fingerprint density at radius 1 is 1.18 bits per heavy atom. The molecule has 0 bridgehead atoms. The van der Waals surface area contributed by atoms with Crippen molar-refractivity contribution in [3.8, 4) is 5.75 Å². The normalized spacial score (nSPS) is 10.9. The van der Waals surface area contributed by atoms with Gasteiger partial charge < -0.3 is 14.5 Å². The molecule has 0 saturated carbocycles. The molecule has 0 saturated heterocycles. The highest BCUT2D eigenvalue weighted by atomic mass is 19.1. The molecule has 0 radical (unpaired) electrons. The van der Waals surface area contributed by atoms with Crippen LogP contribution in [0.15, 0.2) is 61.2 Å². The van der Waals surface area contributed by atoms with Gasteiger partial charge in [0.1, 0.15) is 11.5 Å². The van der Waals surface area contributed by atoms with Gasteiger partial charge in [0.2, 0.25) is 0 Å². The Morgan fingerprint density at radius 2 is 2.07 bits per heavy atom. The third-order valence-electron chi connectivity index (χ3n) is 3.91. The number of anilines is 1. The van der Waals surface area contributed by atoms with E-state index in [0.29, 0.717) is 18.3 Å². The van der Waals surface area contributed by atoms with Gasteiger partial charge in [0, 0.05) is 24.7 Å². The second kappa shape index (κ2) is 7.47. The number of halogens is 2. The number of carbonyl (C=O) groups is 1. The van der Waals surface area contributed by atoms with Crippen LogP contribution in [-0.4, -0.2) is 31.7 Å². The number of aromatic nitrogens is 4. The summed E-state index contributed by atoms with van der Waals surface area (Å²) in [7, 11) is 0. The van der Waals surface area contributed by atoms with E-state index in [1.807, 2.05) is 35.0 Å². The van der Waals surface area contributed by atoms with Gasteiger partial charge in [-0.15, -0.1) is 0 Å². The highest BCUT2D eigenvalue weighted by Gasteiger charge is 2.10. The molecule has 0 fully saturated rings. The first kappa shape index (κ1) is 17.7. The zero-order chi connectivity index (χ0) is 19.5. The van der Waals surface area contributed by atoms with Crippen molar-refractivity contribution in [2.75, 3.05) is 11.9 Å². The molecule has 28 heavy (non-hydrogen) atoms. The molecule has 1 aromatic carbocycles. The highest BCUT2D eigenvalue weighted by molar-refractivity contribution is 5.91. The third kappa shape index (κ3) is 3.98. The van der Waals surface area contributed by atoms with Crippen molar-refractivity contribution in [2.45, 2.75) is 6.54 Å². The lowest BCUT2D eigenvalue weighted by Gasteiger charge is -2.07. The number of hydrogen-bond donors (Lipinski definition) is 1.